The first-order valence-electron chi connectivity index (χ1n) is 62.2. The molecule has 0 radical (unpaired) electrons. The van der Waals surface area contributed by atoms with Crippen molar-refractivity contribution < 1.29 is 33.6 Å². The Morgan fingerprint density at radius 1 is 0.149 bits per heavy atom. The lowest BCUT2D eigenvalue weighted by Gasteiger charge is -2.49. The third-order valence-electron chi connectivity index (χ3n) is 28.3. The first-order chi connectivity index (χ1) is 69.4. The molecule has 0 bridgehead atoms. The van der Waals surface area contributed by atoms with Crippen LogP contribution in [0.25, 0.3) is 0 Å². The van der Waals surface area contributed by atoms with Crippen molar-refractivity contribution in [3.63, 3.8) is 0 Å². The lowest BCUT2D eigenvalue weighted by molar-refractivity contribution is -0.316. The highest BCUT2D eigenvalue weighted by molar-refractivity contribution is 5.90. The number of allylic oxidation sites excluding steroid dienone is 14. The van der Waals surface area contributed by atoms with Crippen molar-refractivity contribution in [2.24, 2.45) is 0 Å². The molecular formula is C127H235N7O7. The number of hydrazine groups is 6. The molecule has 0 spiro atoms. The molecule has 0 heterocycles. The van der Waals surface area contributed by atoms with Gasteiger partial charge in [-0.15, -0.1) is 25.6 Å². The summed E-state index contributed by atoms with van der Waals surface area (Å²) in [7, 11) is 1.55. The highest BCUT2D eigenvalue weighted by Crippen LogP contribution is 2.28. The summed E-state index contributed by atoms with van der Waals surface area (Å²) in [6.45, 7) is 15.9. The second-order valence-electron chi connectivity index (χ2n) is 42.2. The maximum absolute atomic E-state index is 16.8. The Bertz CT molecular complexity index is 2970. The lowest BCUT2D eigenvalue weighted by atomic mass is 10.1. The highest BCUT2D eigenvalue weighted by Gasteiger charge is 2.46. The van der Waals surface area contributed by atoms with Gasteiger partial charge in [0.2, 0.25) is 11.8 Å². The zero-order valence-electron chi connectivity index (χ0n) is 94.9. The Kier molecular flexibility index (Phi) is 107. The SMILES string of the molecule is CCCCCCCCC=CCCCCCCCC(=O)NN(C(=O)CCCCCCCC=CCCCCCCCC)N(C(=O)CCCCCCCC=CCCCCCCCC)N(C(=O)CCCCCCCC=CCCCCCCCC)N(C(=O)CCCCCCCC=CCCCCCCCC)N(C(=O)CCCCCCCC=CCCCCCCCC)N(C)C(=O)CCCCCCCC=CCCCCCCCC. The fourth-order valence-electron chi connectivity index (χ4n) is 18.9. The minimum absolute atomic E-state index is 0.0513. The summed E-state index contributed by atoms with van der Waals surface area (Å²) >= 11 is 0. The molecule has 0 unspecified atom stereocenters. The van der Waals surface area contributed by atoms with E-state index in [4.69, 9.17) is 0 Å². The Morgan fingerprint density at radius 2 is 0.284 bits per heavy atom. The van der Waals surface area contributed by atoms with E-state index in [1.54, 1.807) is 7.05 Å². The van der Waals surface area contributed by atoms with Crippen LogP contribution in [0, 0.1) is 0 Å². The van der Waals surface area contributed by atoms with Crippen LogP contribution in [-0.2, 0) is 33.6 Å². The average Bonchev–Trinajstić information content (AvgIpc) is 0.767. The van der Waals surface area contributed by atoms with E-state index in [0.29, 0.717) is 64.2 Å². The molecule has 14 nitrogen and oxygen atoms in total. The van der Waals surface area contributed by atoms with Crippen LogP contribution in [0.5, 0.6) is 0 Å². The predicted molar refractivity (Wildman–Crippen MR) is 611 cm³/mol. The molecule has 0 saturated heterocycles. The van der Waals surface area contributed by atoms with E-state index in [1.165, 1.54) is 275 Å². The maximum atomic E-state index is 16.8. The van der Waals surface area contributed by atoms with Crippen molar-refractivity contribution in [2.75, 3.05) is 7.05 Å². The van der Waals surface area contributed by atoms with Gasteiger partial charge in [-0.05, 0) is 225 Å². The number of hydrogen-bond acceptors (Lipinski definition) is 7. The molecule has 0 aliphatic heterocycles. The van der Waals surface area contributed by atoms with Crippen molar-refractivity contribution in [1.82, 2.24) is 36.0 Å². The molecule has 0 aliphatic rings. The third-order valence-corrected chi connectivity index (χ3v) is 28.3. The van der Waals surface area contributed by atoms with Gasteiger partial charge in [-0.1, -0.05) is 493 Å². The second kappa shape index (κ2) is 112. The van der Waals surface area contributed by atoms with Crippen LogP contribution in [-0.4, -0.2) is 79.0 Å². The molecule has 0 rings (SSSR count). The summed E-state index contributed by atoms with van der Waals surface area (Å²) in [4.78, 5) is 114. The second-order valence-corrected chi connectivity index (χ2v) is 42.2. The molecule has 7 amide bonds. The number of carbonyl (C=O) groups is 7. The Labute approximate surface area is 875 Å². The number of hydrogen-bond donors (Lipinski definition) is 1. The highest BCUT2D eigenvalue weighted by atomic mass is 16.3. The van der Waals surface area contributed by atoms with Crippen molar-refractivity contribution in [3.8, 4) is 0 Å². The van der Waals surface area contributed by atoms with Crippen molar-refractivity contribution >= 4 is 41.4 Å². The molecule has 0 fully saturated rings. The smallest absolute Gasteiger partial charge is 0.264 e. The van der Waals surface area contributed by atoms with Gasteiger partial charge >= 0.3 is 0 Å². The van der Waals surface area contributed by atoms with E-state index < -0.39 is 41.4 Å². The molecule has 0 aliphatic carbocycles. The van der Waals surface area contributed by atoms with Crippen LogP contribution in [0.1, 0.15) is 678 Å². The molecule has 0 aromatic carbocycles. The molecule has 0 aromatic heterocycles. The van der Waals surface area contributed by atoms with Crippen LogP contribution in [0.2, 0.25) is 0 Å². The number of rotatable bonds is 105. The molecular weight excluding hydrogens is 1740 g/mol. The molecule has 820 valence electrons. The predicted octanol–water partition coefficient (Wildman–Crippen LogP) is 40.5. The van der Waals surface area contributed by atoms with E-state index in [0.717, 1.165) is 276 Å². The lowest BCUT2D eigenvalue weighted by Crippen LogP contribution is -2.74. The number of nitrogens with zero attached hydrogens (tertiary/aromatic N) is 6. The van der Waals surface area contributed by atoms with Gasteiger partial charge < -0.3 is 0 Å². The fraction of sp³-hybridized carbons (Fsp3) is 0.835. The van der Waals surface area contributed by atoms with Crippen LogP contribution in [0.3, 0.4) is 0 Å². The average molecular weight is 1970 g/mol. The van der Waals surface area contributed by atoms with E-state index in [1.807, 2.05) is 0 Å². The summed E-state index contributed by atoms with van der Waals surface area (Å²) in [6.07, 6.45) is 130. The third kappa shape index (κ3) is 90.5. The summed E-state index contributed by atoms with van der Waals surface area (Å²) < 4.78 is 0. The van der Waals surface area contributed by atoms with Gasteiger partial charge in [-0.25, -0.2) is 10.4 Å². The number of carbonyl (C=O) groups excluding carboxylic acids is 7. The summed E-state index contributed by atoms with van der Waals surface area (Å²) in [5, 5.41) is 6.38. The Morgan fingerprint density at radius 3 is 0.475 bits per heavy atom. The van der Waals surface area contributed by atoms with Gasteiger partial charge in [-0.2, -0.15) is 0 Å². The quantitative estimate of drug-likeness (QED) is 0.0362. The van der Waals surface area contributed by atoms with Crippen molar-refractivity contribution in [3.05, 3.63) is 85.1 Å². The van der Waals surface area contributed by atoms with Gasteiger partial charge in [-0.3, -0.25) is 33.6 Å². The van der Waals surface area contributed by atoms with Gasteiger partial charge in [0.1, 0.15) is 0 Å². The molecule has 141 heavy (non-hydrogen) atoms. The summed E-state index contributed by atoms with van der Waals surface area (Å²) in [6, 6.07) is 0. The first kappa shape index (κ1) is 135. The van der Waals surface area contributed by atoms with E-state index >= 15 is 33.6 Å². The van der Waals surface area contributed by atoms with Crippen LogP contribution < -0.4 is 5.43 Å². The summed E-state index contributed by atoms with van der Waals surface area (Å²) in [5.41, 5.74) is 3.02. The molecule has 1 N–H and O–H groups in total. The minimum atomic E-state index is -0.675. The van der Waals surface area contributed by atoms with Crippen molar-refractivity contribution in [2.45, 2.75) is 678 Å². The monoisotopic (exact) mass is 1970 g/mol. The van der Waals surface area contributed by atoms with Gasteiger partial charge in [0.25, 0.3) is 29.5 Å². The number of unbranched alkanes of at least 4 members (excludes halogenated alkanes) is 77. The van der Waals surface area contributed by atoms with Crippen LogP contribution in [0.4, 0.5) is 0 Å². The van der Waals surface area contributed by atoms with Gasteiger partial charge in [0.15, 0.2) is 0 Å². The minimum Gasteiger partial charge on any atom is -0.273 e. The van der Waals surface area contributed by atoms with Gasteiger partial charge in [0, 0.05) is 52.0 Å². The largest absolute Gasteiger partial charge is 0.273 e. The van der Waals surface area contributed by atoms with Crippen LogP contribution >= 0.6 is 0 Å². The van der Waals surface area contributed by atoms with Crippen LogP contribution in [0.15, 0.2) is 85.1 Å². The first-order valence-corrected chi connectivity index (χ1v) is 62.2. The normalized spacial score (nSPS) is 11.9. The zero-order valence-corrected chi connectivity index (χ0v) is 94.9. The molecule has 0 saturated carbocycles. The molecule has 0 aromatic rings. The number of nitrogens with one attached hydrogen (secondary N) is 1. The Balaban J connectivity index is 8.73. The number of amides is 7. The molecule has 0 atom stereocenters. The van der Waals surface area contributed by atoms with E-state index in [9.17, 15) is 0 Å². The van der Waals surface area contributed by atoms with Crippen molar-refractivity contribution in [1.29, 1.82) is 0 Å². The van der Waals surface area contributed by atoms with Gasteiger partial charge in [0.05, 0.1) is 0 Å². The maximum Gasteiger partial charge on any atom is 0.264 e. The zero-order chi connectivity index (χ0) is 102. The van der Waals surface area contributed by atoms with E-state index in [2.05, 4.69) is 139 Å². The topological polar surface area (TPSA) is 151 Å². The summed E-state index contributed by atoms with van der Waals surface area (Å²) in [5.74, 6) is -4.01. The molecule has 14 heteroatoms. The Hall–Kier alpha value is -5.53. The standard InChI is InChI=1S/C127H235N7O7/c1-9-16-23-30-37-44-51-58-65-72-79-86-93-100-107-114-121(135)128-130(123(137)116-109-102-95-88-81-74-67-60-53-46-39-32-25-18-11-3)132(125(139)118-111-104-97-90-83-76-69-62-55-48-41-34-27-20-13-5)134(127(141)120-113-106-99-92-85-78-71-64-57-50-43-36-29-22-15-7)133(126(140)119-112-105-98-91-84-77-70-63-56-49-42-35-28-21-14-6)131(124(138)117-110-103-96-89-82-75-68-61-54-47-40-33-26-19-12-4)129(8)122(136)115-108-101-94-87-80-73-66-59-52-45-38-31-24-17-10-2/h58-71H,9-57,72-120H2,1-8H3,(H,128,135). The van der Waals surface area contributed by atoms with E-state index in [-0.39, 0.29) is 44.9 Å². The fourth-order valence-corrected chi connectivity index (χ4v) is 18.9.